The average molecular weight is 269 g/mol. The number of nitrogens with two attached hydrogens (primary N) is 1. The van der Waals surface area contributed by atoms with Crippen LogP contribution in [0.1, 0.15) is 23.1 Å². The molecule has 0 bridgehead atoms. The molecule has 3 heteroatoms. The number of hydrogen-bond acceptors (Lipinski definition) is 3. The van der Waals surface area contributed by atoms with Gasteiger partial charge in [-0.15, -0.1) is 0 Å². The summed E-state index contributed by atoms with van der Waals surface area (Å²) in [6, 6.07) is 12.6. The van der Waals surface area contributed by atoms with E-state index in [1.807, 2.05) is 12.3 Å². The fourth-order valence-corrected chi connectivity index (χ4v) is 2.43. The SMILES string of the molecule is Cc1ccnc(N(C)CCCc2ccccc2)c1CN. The van der Waals surface area contributed by atoms with Gasteiger partial charge in [-0.05, 0) is 37.0 Å². The molecule has 0 unspecified atom stereocenters. The van der Waals surface area contributed by atoms with E-state index in [2.05, 4.69) is 54.2 Å². The number of anilines is 1. The first-order valence-electron chi connectivity index (χ1n) is 7.12. The highest BCUT2D eigenvalue weighted by atomic mass is 15.2. The summed E-state index contributed by atoms with van der Waals surface area (Å²) in [5.41, 5.74) is 9.59. The molecule has 0 saturated carbocycles. The van der Waals surface area contributed by atoms with E-state index in [4.69, 9.17) is 5.73 Å². The number of aromatic nitrogens is 1. The quantitative estimate of drug-likeness (QED) is 0.876. The second kappa shape index (κ2) is 7.06. The molecule has 1 aromatic carbocycles. The van der Waals surface area contributed by atoms with Crippen LogP contribution in [0.2, 0.25) is 0 Å². The zero-order valence-corrected chi connectivity index (χ0v) is 12.3. The molecule has 2 N–H and O–H groups in total. The highest BCUT2D eigenvalue weighted by molar-refractivity contribution is 5.49. The highest BCUT2D eigenvalue weighted by Crippen LogP contribution is 2.19. The summed E-state index contributed by atoms with van der Waals surface area (Å²) in [4.78, 5) is 6.69. The van der Waals surface area contributed by atoms with E-state index in [1.165, 1.54) is 11.1 Å². The van der Waals surface area contributed by atoms with Crippen LogP contribution in [0.5, 0.6) is 0 Å². The minimum atomic E-state index is 0.540. The lowest BCUT2D eigenvalue weighted by molar-refractivity contribution is 0.771. The Hall–Kier alpha value is -1.87. The summed E-state index contributed by atoms with van der Waals surface area (Å²) in [6.07, 6.45) is 4.06. The summed E-state index contributed by atoms with van der Waals surface area (Å²) < 4.78 is 0. The fraction of sp³-hybridized carbons (Fsp3) is 0.353. The Morgan fingerprint density at radius 2 is 1.90 bits per heavy atom. The third kappa shape index (κ3) is 3.58. The van der Waals surface area contributed by atoms with E-state index in [9.17, 15) is 0 Å². The van der Waals surface area contributed by atoms with Crippen LogP contribution >= 0.6 is 0 Å². The molecule has 0 amide bonds. The summed E-state index contributed by atoms with van der Waals surface area (Å²) in [5, 5.41) is 0. The van der Waals surface area contributed by atoms with Crippen LogP contribution in [0, 0.1) is 6.92 Å². The third-order valence-corrected chi connectivity index (χ3v) is 3.63. The minimum absolute atomic E-state index is 0.540. The molecule has 20 heavy (non-hydrogen) atoms. The number of pyridine rings is 1. The Balaban J connectivity index is 1.95. The van der Waals surface area contributed by atoms with Gasteiger partial charge in [-0.2, -0.15) is 0 Å². The molecular formula is C17H23N3. The Labute approximate surface area is 121 Å². The van der Waals surface area contributed by atoms with Crippen molar-refractivity contribution in [2.75, 3.05) is 18.5 Å². The Morgan fingerprint density at radius 1 is 1.15 bits per heavy atom. The normalized spacial score (nSPS) is 10.6. The van der Waals surface area contributed by atoms with Gasteiger partial charge >= 0.3 is 0 Å². The number of hydrogen-bond donors (Lipinski definition) is 1. The maximum absolute atomic E-state index is 5.84. The van der Waals surface area contributed by atoms with Crippen molar-refractivity contribution in [3.8, 4) is 0 Å². The van der Waals surface area contributed by atoms with Crippen molar-refractivity contribution in [3.63, 3.8) is 0 Å². The van der Waals surface area contributed by atoms with Gasteiger partial charge in [-0.25, -0.2) is 4.98 Å². The predicted octanol–water partition coefficient (Wildman–Crippen LogP) is 2.92. The van der Waals surface area contributed by atoms with Crippen molar-refractivity contribution in [2.24, 2.45) is 5.73 Å². The molecule has 1 aromatic heterocycles. The van der Waals surface area contributed by atoms with Crippen LogP contribution < -0.4 is 10.6 Å². The van der Waals surface area contributed by atoms with Crippen LogP contribution in [-0.2, 0) is 13.0 Å². The Morgan fingerprint density at radius 3 is 2.60 bits per heavy atom. The van der Waals surface area contributed by atoms with Crippen molar-refractivity contribution in [1.82, 2.24) is 4.98 Å². The Kier molecular flexibility index (Phi) is 5.13. The van der Waals surface area contributed by atoms with E-state index >= 15 is 0 Å². The van der Waals surface area contributed by atoms with E-state index in [0.29, 0.717) is 6.54 Å². The highest BCUT2D eigenvalue weighted by Gasteiger charge is 2.09. The summed E-state index contributed by atoms with van der Waals surface area (Å²) >= 11 is 0. The standard InChI is InChI=1S/C17H23N3/c1-14-10-11-19-17(16(14)13-18)20(2)12-6-9-15-7-4-3-5-8-15/h3-5,7-8,10-11H,6,9,12-13,18H2,1-2H3. The van der Waals surface area contributed by atoms with E-state index in [-0.39, 0.29) is 0 Å². The second-order valence-electron chi connectivity index (χ2n) is 5.14. The van der Waals surface area contributed by atoms with Gasteiger partial charge in [0.25, 0.3) is 0 Å². The van der Waals surface area contributed by atoms with Crippen LogP contribution in [0.3, 0.4) is 0 Å². The van der Waals surface area contributed by atoms with Gasteiger partial charge in [0.15, 0.2) is 0 Å². The van der Waals surface area contributed by atoms with Gasteiger partial charge in [-0.1, -0.05) is 30.3 Å². The number of rotatable bonds is 6. The van der Waals surface area contributed by atoms with Gasteiger partial charge in [0, 0.05) is 31.9 Å². The fourth-order valence-electron chi connectivity index (χ4n) is 2.43. The zero-order chi connectivity index (χ0) is 14.4. The molecule has 0 aliphatic rings. The van der Waals surface area contributed by atoms with Gasteiger partial charge in [0.2, 0.25) is 0 Å². The van der Waals surface area contributed by atoms with Crippen molar-refractivity contribution in [1.29, 1.82) is 0 Å². The van der Waals surface area contributed by atoms with Crippen molar-refractivity contribution in [2.45, 2.75) is 26.3 Å². The minimum Gasteiger partial charge on any atom is -0.359 e. The van der Waals surface area contributed by atoms with E-state index in [1.54, 1.807) is 0 Å². The molecule has 106 valence electrons. The van der Waals surface area contributed by atoms with Gasteiger partial charge in [0.05, 0.1) is 0 Å². The van der Waals surface area contributed by atoms with Crippen molar-refractivity contribution >= 4 is 5.82 Å². The summed E-state index contributed by atoms with van der Waals surface area (Å²) in [7, 11) is 2.09. The number of nitrogens with zero attached hydrogens (tertiary/aromatic N) is 2. The van der Waals surface area contributed by atoms with Crippen LogP contribution in [0.4, 0.5) is 5.82 Å². The topological polar surface area (TPSA) is 42.2 Å². The smallest absolute Gasteiger partial charge is 0.133 e. The molecule has 0 fully saturated rings. The molecule has 0 aliphatic carbocycles. The van der Waals surface area contributed by atoms with Gasteiger partial charge in [-0.3, -0.25) is 0 Å². The molecular weight excluding hydrogens is 246 g/mol. The van der Waals surface area contributed by atoms with Crippen LogP contribution in [0.25, 0.3) is 0 Å². The first kappa shape index (κ1) is 14.5. The lowest BCUT2D eigenvalue weighted by Gasteiger charge is -2.21. The molecule has 2 aromatic rings. The monoisotopic (exact) mass is 269 g/mol. The Bertz CT molecular complexity index is 537. The van der Waals surface area contributed by atoms with Crippen LogP contribution in [0.15, 0.2) is 42.6 Å². The molecule has 0 atom stereocenters. The molecule has 0 spiro atoms. The van der Waals surface area contributed by atoms with Gasteiger partial charge in [0.1, 0.15) is 5.82 Å². The van der Waals surface area contributed by atoms with E-state index in [0.717, 1.165) is 30.8 Å². The van der Waals surface area contributed by atoms with Gasteiger partial charge < -0.3 is 10.6 Å². The molecule has 3 nitrogen and oxygen atoms in total. The maximum atomic E-state index is 5.84. The second-order valence-corrected chi connectivity index (χ2v) is 5.14. The molecule has 2 rings (SSSR count). The van der Waals surface area contributed by atoms with E-state index < -0.39 is 0 Å². The third-order valence-electron chi connectivity index (χ3n) is 3.63. The number of benzene rings is 1. The van der Waals surface area contributed by atoms with Crippen molar-refractivity contribution in [3.05, 3.63) is 59.3 Å². The molecule has 0 aliphatic heterocycles. The lowest BCUT2D eigenvalue weighted by atomic mass is 10.1. The first-order chi connectivity index (χ1) is 9.72. The molecule has 1 heterocycles. The largest absolute Gasteiger partial charge is 0.359 e. The predicted molar refractivity (Wildman–Crippen MR) is 84.9 cm³/mol. The summed E-state index contributed by atoms with van der Waals surface area (Å²) in [6.45, 7) is 3.61. The zero-order valence-electron chi connectivity index (χ0n) is 12.3. The molecule has 0 saturated heterocycles. The van der Waals surface area contributed by atoms with Crippen LogP contribution in [-0.4, -0.2) is 18.6 Å². The van der Waals surface area contributed by atoms with Crippen molar-refractivity contribution < 1.29 is 0 Å². The lowest BCUT2D eigenvalue weighted by Crippen LogP contribution is -2.23. The molecule has 0 radical (unpaired) electrons. The average Bonchev–Trinajstić information content (AvgIpc) is 2.48. The summed E-state index contributed by atoms with van der Waals surface area (Å²) in [5.74, 6) is 1.01. The number of aryl methyl sites for hydroxylation is 2. The maximum Gasteiger partial charge on any atom is 0.133 e. The first-order valence-corrected chi connectivity index (χ1v) is 7.12.